The standard InChI is InChI=1S/C11H9Cl2N5OS/c1-5-9(10(19)18(17-5)11(14)20)16-15-8-4-6(12)2-3-7(8)13/h2-4,17H,1H3,(H2,14,20). The zero-order valence-corrected chi connectivity index (χ0v) is 12.6. The lowest BCUT2D eigenvalue weighted by molar-refractivity contribution is 0.889. The Morgan fingerprint density at radius 3 is 2.70 bits per heavy atom. The van der Waals surface area contributed by atoms with Gasteiger partial charge >= 0.3 is 5.56 Å². The van der Waals surface area contributed by atoms with Crippen LogP contribution in [0.1, 0.15) is 5.69 Å². The van der Waals surface area contributed by atoms with Gasteiger partial charge in [-0.25, -0.2) is 0 Å². The van der Waals surface area contributed by atoms with Crippen molar-refractivity contribution in [3.05, 3.63) is 44.3 Å². The van der Waals surface area contributed by atoms with Crippen LogP contribution in [0.25, 0.3) is 0 Å². The van der Waals surface area contributed by atoms with Crippen molar-refractivity contribution in [3.8, 4) is 0 Å². The monoisotopic (exact) mass is 329 g/mol. The van der Waals surface area contributed by atoms with Gasteiger partial charge in [0.05, 0.1) is 10.7 Å². The lowest BCUT2D eigenvalue weighted by Gasteiger charge is -1.96. The number of benzene rings is 1. The van der Waals surface area contributed by atoms with Gasteiger partial charge in [-0.3, -0.25) is 9.89 Å². The average molecular weight is 330 g/mol. The predicted octanol–water partition coefficient (Wildman–Crippen LogP) is 3.30. The summed E-state index contributed by atoms with van der Waals surface area (Å²) in [5, 5.41) is 11.3. The Balaban J connectivity index is 2.44. The lowest BCUT2D eigenvalue weighted by Crippen LogP contribution is -2.29. The number of hydrogen-bond donors (Lipinski definition) is 2. The van der Waals surface area contributed by atoms with E-state index in [-0.39, 0.29) is 10.8 Å². The molecule has 104 valence electrons. The molecule has 0 aliphatic heterocycles. The molecule has 9 heteroatoms. The van der Waals surface area contributed by atoms with Gasteiger partial charge in [0, 0.05) is 5.02 Å². The molecular formula is C11H9Cl2N5OS. The molecule has 0 radical (unpaired) electrons. The Morgan fingerprint density at radius 2 is 2.10 bits per heavy atom. The number of aromatic nitrogens is 2. The molecule has 0 atom stereocenters. The summed E-state index contributed by atoms with van der Waals surface area (Å²) in [6, 6.07) is 4.77. The fourth-order valence-corrected chi connectivity index (χ4v) is 1.93. The summed E-state index contributed by atoms with van der Waals surface area (Å²) >= 11 is 16.5. The number of rotatable bonds is 2. The van der Waals surface area contributed by atoms with Crippen LogP contribution in [-0.2, 0) is 0 Å². The third-order valence-corrected chi connectivity index (χ3v) is 3.16. The molecule has 0 saturated heterocycles. The van der Waals surface area contributed by atoms with Gasteiger partial charge in [0.25, 0.3) is 0 Å². The minimum Gasteiger partial charge on any atom is -0.374 e. The van der Waals surface area contributed by atoms with Crippen molar-refractivity contribution in [1.29, 1.82) is 0 Å². The van der Waals surface area contributed by atoms with Crippen LogP contribution in [0.5, 0.6) is 0 Å². The van der Waals surface area contributed by atoms with Crippen LogP contribution in [0.4, 0.5) is 11.4 Å². The number of H-pyrrole nitrogens is 1. The van der Waals surface area contributed by atoms with Crippen LogP contribution in [0.3, 0.4) is 0 Å². The minimum absolute atomic E-state index is 0.0969. The molecule has 2 rings (SSSR count). The summed E-state index contributed by atoms with van der Waals surface area (Å²) < 4.78 is 1.01. The maximum Gasteiger partial charge on any atom is 0.301 e. The van der Waals surface area contributed by atoms with E-state index < -0.39 is 5.56 Å². The first-order valence-corrected chi connectivity index (χ1v) is 6.55. The molecule has 0 fully saturated rings. The van der Waals surface area contributed by atoms with E-state index in [1.807, 2.05) is 0 Å². The lowest BCUT2D eigenvalue weighted by atomic mass is 10.3. The van der Waals surface area contributed by atoms with Crippen LogP contribution < -0.4 is 11.3 Å². The van der Waals surface area contributed by atoms with Gasteiger partial charge in [-0.15, -0.1) is 10.2 Å². The Bertz CT molecular complexity index is 765. The van der Waals surface area contributed by atoms with E-state index in [1.165, 1.54) is 0 Å². The molecule has 1 heterocycles. The highest BCUT2D eigenvalue weighted by atomic mass is 35.5. The molecule has 3 N–H and O–H groups in total. The number of hydrogen-bond acceptors (Lipinski definition) is 4. The highest BCUT2D eigenvalue weighted by Gasteiger charge is 2.12. The maximum atomic E-state index is 12.0. The third-order valence-electron chi connectivity index (χ3n) is 2.43. The number of azo groups is 1. The molecule has 1 aromatic heterocycles. The Labute approximate surface area is 129 Å². The van der Waals surface area contributed by atoms with E-state index in [0.717, 1.165) is 4.68 Å². The first-order valence-electron chi connectivity index (χ1n) is 5.38. The highest BCUT2D eigenvalue weighted by molar-refractivity contribution is 7.80. The van der Waals surface area contributed by atoms with E-state index >= 15 is 0 Å². The molecular weight excluding hydrogens is 321 g/mol. The zero-order chi connectivity index (χ0) is 14.9. The number of aryl methyl sites for hydroxylation is 1. The van der Waals surface area contributed by atoms with E-state index in [2.05, 4.69) is 15.3 Å². The van der Waals surface area contributed by atoms with Gasteiger partial charge in [-0.2, -0.15) is 4.68 Å². The second-order valence-electron chi connectivity index (χ2n) is 3.86. The van der Waals surface area contributed by atoms with E-state index in [4.69, 9.17) is 41.2 Å². The number of nitrogens with zero attached hydrogens (tertiary/aromatic N) is 3. The molecule has 0 unspecified atom stereocenters. The van der Waals surface area contributed by atoms with Gasteiger partial charge in [0.2, 0.25) is 0 Å². The van der Waals surface area contributed by atoms with Gasteiger partial charge in [-0.05, 0) is 37.3 Å². The Hall–Kier alpha value is -1.70. The van der Waals surface area contributed by atoms with Crippen molar-refractivity contribution in [3.63, 3.8) is 0 Å². The van der Waals surface area contributed by atoms with Crippen molar-refractivity contribution < 1.29 is 0 Å². The third kappa shape index (κ3) is 2.90. The first-order chi connectivity index (χ1) is 9.40. The number of nitrogens with two attached hydrogens (primary N) is 1. The van der Waals surface area contributed by atoms with Crippen LogP contribution >= 0.6 is 35.4 Å². The van der Waals surface area contributed by atoms with Crippen molar-refractivity contribution in [2.45, 2.75) is 6.92 Å². The smallest absolute Gasteiger partial charge is 0.301 e. The summed E-state index contributed by atoms with van der Waals surface area (Å²) in [6.07, 6.45) is 0. The fourth-order valence-electron chi connectivity index (χ4n) is 1.48. The number of halogens is 2. The second-order valence-corrected chi connectivity index (χ2v) is 5.12. The summed E-state index contributed by atoms with van der Waals surface area (Å²) in [5.74, 6) is 0. The summed E-state index contributed by atoms with van der Waals surface area (Å²) in [5.41, 5.74) is 5.88. The second kappa shape index (κ2) is 5.74. The molecule has 0 bridgehead atoms. The number of nitrogens with one attached hydrogen (secondary N) is 1. The zero-order valence-electron chi connectivity index (χ0n) is 10.2. The Kier molecular flexibility index (Phi) is 4.22. The Morgan fingerprint density at radius 1 is 1.40 bits per heavy atom. The molecule has 0 aliphatic carbocycles. The molecule has 1 aromatic carbocycles. The molecule has 0 aliphatic rings. The molecule has 6 nitrogen and oxygen atoms in total. The molecule has 0 saturated carbocycles. The molecule has 0 spiro atoms. The van der Waals surface area contributed by atoms with E-state index in [0.29, 0.717) is 21.4 Å². The van der Waals surface area contributed by atoms with Crippen LogP contribution in [-0.4, -0.2) is 14.9 Å². The SMILES string of the molecule is Cc1[nH]n(C(N)=S)c(=O)c1N=Nc1cc(Cl)ccc1Cl. The summed E-state index contributed by atoms with van der Waals surface area (Å²) in [7, 11) is 0. The van der Waals surface area contributed by atoms with E-state index in [9.17, 15) is 4.79 Å². The molecule has 2 aromatic rings. The van der Waals surface area contributed by atoms with E-state index in [1.54, 1.807) is 25.1 Å². The average Bonchev–Trinajstić information content (AvgIpc) is 2.67. The van der Waals surface area contributed by atoms with Gasteiger partial charge < -0.3 is 5.73 Å². The van der Waals surface area contributed by atoms with Crippen LogP contribution in [0.2, 0.25) is 10.0 Å². The highest BCUT2D eigenvalue weighted by Crippen LogP contribution is 2.29. The topological polar surface area (TPSA) is 88.5 Å². The van der Waals surface area contributed by atoms with Gasteiger partial charge in [-0.1, -0.05) is 23.2 Å². The largest absolute Gasteiger partial charge is 0.374 e. The number of thiocarbonyl (C=S) groups is 1. The van der Waals surface area contributed by atoms with Gasteiger partial charge in [0.15, 0.2) is 10.8 Å². The van der Waals surface area contributed by atoms with Gasteiger partial charge in [0.1, 0.15) is 5.69 Å². The van der Waals surface area contributed by atoms with Crippen molar-refractivity contribution in [2.75, 3.05) is 0 Å². The summed E-state index contributed by atoms with van der Waals surface area (Å²) in [6.45, 7) is 1.66. The van der Waals surface area contributed by atoms with Crippen molar-refractivity contribution >= 4 is 51.9 Å². The first kappa shape index (κ1) is 14.7. The quantitative estimate of drug-likeness (QED) is 0.654. The van der Waals surface area contributed by atoms with Crippen LogP contribution in [0, 0.1) is 6.92 Å². The predicted molar refractivity (Wildman–Crippen MR) is 82.6 cm³/mol. The molecule has 0 amide bonds. The maximum absolute atomic E-state index is 12.0. The molecule has 20 heavy (non-hydrogen) atoms. The van der Waals surface area contributed by atoms with Crippen molar-refractivity contribution in [2.24, 2.45) is 16.0 Å². The normalized spacial score (nSPS) is 11.2. The van der Waals surface area contributed by atoms with Crippen LogP contribution in [0.15, 0.2) is 33.2 Å². The number of aromatic amines is 1. The fraction of sp³-hybridized carbons (Fsp3) is 0.0909. The van der Waals surface area contributed by atoms with Crippen molar-refractivity contribution in [1.82, 2.24) is 9.78 Å². The minimum atomic E-state index is -0.475. The summed E-state index contributed by atoms with van der Waals surface area (Å²) in [4.78, 5) is 12.0.